The molecule has 2 rings (SSSR count). The van der Waals surface area contributed by atoms with Gasteiger partial charge in [0.2, 0.25) is 0 Å². The van der Waals surface area contributed by atoms with Gasteiger partial charge in [0.05, 0.1) is 18.4 Å². The van der Waals surface area contributed by atoms with Gasteiger partial charge in [0, 0.05) is 11.9 Å². The zero-order valence-corrected chi connectivity index (χ0v) is 11.0. The molecule has 1 atom stereocenters. The summed E-state index contributed by atoms with van der Waals surface area (Å²) in [6.07, 6.45) is 2.78. The lowest BCUT2D eigenvalue weighted by Crippen LogP contribution is -2.30. The number of nitrogen functional groups attached to an aromatic ring is 1. The van der Waals surface area contributed by atoms with Gasteiger partial charge in [0.1, 0.15) is 11.5 Å². The van der Waals surface area contributed by atoms with Gasteiger partial charge in [-0.1, -0.05) is 6.07 Å². The molecule has 0 aliphatic rings. The van der Waals surface area contributed by atoms with Gasteiger partial charge in [-0.15, -0.1) is 11.3 Å². The largest absolute Gasteiger partial charge is 0.382 e. The van der Waals surface area contributed by atoms with Crippen LogP contribution in [0.25, 0.3) is 0 Å². The Hall–Kier alpha value is -1.95. The van der Waals surface area contributed by atoms with Crippen molar-refractivity contribution >= 4 is 23.1 Å². The fourth-order valence-electron chi connectivity index (χ4n) is 1.52. The molecule has 0 aliphatic carbocycles. The summed E-state index contributed by atoms with van der Waals surface area (Å²) < 4.78 is 0. The highest BCUT2D eigenvalue weighted by atomic mass is 32.1. The molecular weight excluding hydrogens is 248 g/mol. The Morgan fingerprint density at radius 1 is 1.44 bits per heavy atom. The lowest BCUT2D eigenvalue weighted by molar-refractivity contribution is 0.0738. The average molecular weight is 262 g/mol. The Morgan fingerprint density at radius 2 is 2.22 bits per heavy atom. The molecule has 0 aromatic carbocycles. The van der Waals surface area contributed by atoms with Gasteiger partial charge in [-0.2, -0.15) is 0 Å². The highest BCUT2D eigenvalue weighted by Gasteiger charge is 2.20. The smallest absolute Gasteiger partial charge is 0.274 e. The predicted molar refractivity (Wildman–Crippen MR) is 71.3 cm³/mol. The molecule has 1 unspecified atom stereocenters. The van der Waals surface area contributed by atoms with Gasteiger partial charge < -0.3 is 10.6 Å². The molecule has 94 valence electrons. The van der Waals surface area contributed by atoms with Crippen LogP contribution >= 0.6 is 11.3 Å². The second-order valence-electron chi connectivity index (χ2n) is 3.93. The van der Waals surface area contributed by atoms with Crippen LogP contribution in [-0.2, 0) is 0 Å². The Labute approximate surface area is 109 Å². The minimum absolute atomic E-state index is 0.0110. The van der Waals surface area contributed by atoms with Gasteiger partial charge in [0.25, 0.3) is 5.91 Å². The fraction of sp³-hybridized carbons (Fsp3) is 0.250. The van der Waals surface area contributed by atoms with Gasteiger partial charge in [0.15, 0.2) is 0 Å². The first-order chi connectivity index (χ1) is 8.59. The molecule has 6 heteroatoms. The summed E-state index contributed by atoms with van der Waals surface area (Å²) in [5.74, 6) is 0.143. The first-order valence-corrected chi connectivity index (χ1v) is 6.35. The molecule has 18 heavy (non-hydrogen) atoms. The first kappa shape index (κ1) is 12.5. The SMILES string of the molecule is CC(c1cccs1)N(C)C(=O)c1cnc(N)cn1. The zero-order valence-electron chi connectivity index (χ0n) is 10.2. The fourth-order valence-corrected chi connectivity index (χ4v) is 2.35. The minimum atomic E-state index is -0.164. The lowest BCUT2D eigenvalue weighted by atomic mass is 10.2. The van der Waals surface area contributed by atoms with Crippen LogP contribution in [0.3, 0.4) is 0 Å². The van der Waals surface area contributed by atoms with Gasteiger partial charge >= 0.3 is 0 Å². The van der Waals surface area contributed by atoms with Crippen molar-refractivity contribution < 1.29 is 4.79 Å². The number of carbonyl (C=O) groups excluding carboxylic acids is 1. The van der Waals surface area contributed by atoms with Crippen LogP contribution in [0.15, 0.2) is 29.9 Å². The van der Waals surface area contributed by atoms with Crippen molar-refractivity contribution in [1.82, 2.24) is 14.9 Å². The highest BCUT2D eigenvalue weighted by Crippen LogP contribution is 2.24. The Bertz CT molecular complexity index is 524. The lowest BCUT2D eigenvalue weighted by Gasteiger charge is -2.23. The maximum Gasteiger partial charge on any atom is 0.274 e. The van der Waals surface area contributed by atoms with Gasteiger partial charge in [-0.05, 0) is 18.4 Å². The molecule has 0 bridgehead atoms. The van der Waals surface area contributed by atoms with Gasteiger partial charge in [-0.25, -0.2) is 9.97 Å². The predicted octanol–water partition coefficient (Wildman–Crippen LogP) is 1.95. The molecule has 0 spiro atoms. The second-order valence-corrected chi connectivity index (χ2v) is 4.91. The molecule has 0 saturated heterocycles. The van der Waals surface area contributed by atoms with E-state index in [1.807, 2.05) is 24.4 Å². The zero-order chi connectivity index (χ0) is 13.1. The third-order valence-electron chi connectivity index (χ3n) is 2.75. The normalized spacial score (nSPS) is 12.1. The van der Waals surface area contributed by atoms with Crippen LogP contribution in [0.2, 0.25) is 0 Å². The Morgan fingerprint density at radius 3 is 2.78 bits per heavy atom. The molecule has 2 heterocycles. The quantitative estimate of drug-likeness (QED) is 0.917. The van der Waals surface area contributed by atoms with Crippen LogP contribution in [-0.4, -0.2) is 27.8 Å². The number of aromatic nitrogens is 2. The second kappa shape index (κ2) is 5.14. The van der Waals surface area contributed by atoms with Crippen molar-refractivity contribution in [3.63, 3.8) is 0 Å². The molecular formula is C12H14N4OS. The van der Waals surface area contributed by atoms with Crippen LogP contribution < -0.4 is 5.73 Å². The Balaban J connectivity index is 2.16. The Kier molecular flexibility index (Phi) is 3.57. The molecule has 0 fully saturated rings. The maximum absolute atomic E-state index is 12.2. The monoisotopic (exact) mass is 262 g/mol. The summed E-state index contributed by atoms with van der Waals surface area (Å²) in [6, 6.07) is 3.99. The number of amides is 1. The molecule has 0 aliphatic heterocycles. The van der Waals surface area contributed by atoms with Crippen molar-refractivity contribution in [3.05, 3.63) is 40.5 Å². The van der Waals surface area contributed by atoms with Crippen LogP contribution in [0.5, 0.6) is 0 Å². The van der Waals surface area contributed by atoms with Crippen molar-refractivity contribution in [2.45, 2.75) is 13.0 Å². The minimum Gasteiger partial charge on any atom is -0.382 e. The number of nitrogens with two attached hydrogens (primary N) is 1. The number of thiophene rings is 1. The molecule has 2 aromatic rings. The van der Waals surface area contributed by atoms with E-state index in [0.717, 1.165) is 4.88 Å². The number of rotatable bonds is 3. The summed E-state index contributed by atoms with van der Waals surface area (Å²) in [7, 11) is 1.75. The third kappa shape index (κ3) is 2.48. The highest BCUT2D eigenvalue weighted by molar-refractivity contribution is 7.10. The standard InChI is InChI=1S/C12H14N4OS/c1-8(10-4-3-5-18-10)16(2)12(17)9-6-15-11(13)7-14-9/h3-8H,1-2H3,(H2,13,15). The average Bonchev–Trinajstić information content (AvgIpc) is 2.91. The van der Waals surface area contributed by atoms with E-state index in [1.54, 1.807) is 23.3 Å². The summed E-state index contributed by atoms with van der Waals surface area (Å²) >= 11 is 1.62. The maximum atomic E-state index is 12.2. The topological polar surface area (TPSA) is 72.1 Å². The van der Waals surface area contributed by atoms with Gasteiger partial charge in [-0.3, -0.25) is 4.79 Å². The number of anilines is 1. The number of nitrogens with zero attached hydrogens (tertiary/aromatic N) is 3. The first-order valence-electron chi connectivity index (χ1n) is 5.47. The molecule has 5 nitrogen and oxygen atoms in total. The molecule has 2 aromatic heterocycles. The summed E-state index contributed by atoms with van der Waals surface area (Å²) in [5, 5.41) is 1.99. The van der Waals surface area contributed by atoms with Crippen LogP contribution in [0, 0.1) is 0 Å². The van der Waals surface area contributed by atoms with E-state index in [9.17, 15) is 4.79 Å². The van der Waals surface area contributed by atoms with Crippen molar-refractivity contribution in [1.29, 1.82) is 0 Å². The third-order valence-corrected chi connectivity index (χ3v) is 3.79. The summed E-state index contributed by atoms with van der Waals surface area (Å²) in [4.78, 5) is 22.8. The van der Waals surface area contributed by atoms with Crippen molar-refractivity contribution in [2.24, 2.45) is 0 Å². The van der Waals surface area contributed by atoms with E-state index in [4.69, 9.17) is 5.73 Å². The number of hydrogen-bond acceptors (Lipinski definition) is 5. The number of hydrogen-bond donors (Lipinski definition) is 1. The van der Waals surface area contributed by atoms with E-state index in [0.29, 0.717) is 11.5 Å². The van der Waals surface area contributed by atoms with E-state index < -0.39 is 0 Å². The van der Waals surface area contributed by atoms with E-state index in [2.05, 4.69) is 9.97 Å². The van der Waals surface area contributed by atoms with E-state index in [1.165, 1.54) is 12.4 Å². The van der Waals surface area contributed by atoms with Crippen LogP contribution in [0.4, 0.5) is 5.82 Å². The molecule has 0 saturated carbocycles. The van der Waals surface area contributed by atoms with E-state index in [-0.39, 0.29) is 11.9 Å². The summed E-state index contributed by atoms with van der Waals surface area (Å²) in [5.41, 5.74) is 5.74. The molecule has 0 radical (unpaired) electrons. The summed E-state index contributed by atoms with van der Waals surface area (Å²) in [6.45, 7) is 1.98. The van der Waals surface area contributed by atoms with Crippen molar-refractivity contribution in [2.75, 3.05) is 12.8 Å². The molecule has 2 N–H and O–H groups in total. The van der Waals surface area contributed by atoms with Crippen molar-refractivity contribution in [3.8, 4) is 0 Å². The van der Waals surface area contributed by atoms with Crippen LogP contribution in [0.1, 0.15) is 28.3 Å². The molecule has 1 amide bonds. The van der Waals surface area contributed by atoms with E-state index >= 15 is 0 Å². The number of carbonyl (C=O) groups is 1.